The molecule has 1 atom stereocenters. The van der Waals surface area contributed by atoms with E-state index in [0.29, 0.717) is 22.7 Å². The van der Waals surface area contributed by atoms with Crippen molar-refractivity contribution in [1.29, 1.82) is 0 Å². The minimum atomic E-state index is -0.430. The van der Waals surface area contributed by atoms with Gasteiger partial charge in [0, 0.05) is 18.3 Å². The van der Waals surface area contributed by atoms with E-state index in [1.54, 1.807) is 12.0 Å². The van der Waals surface area contributed by atoms with Gasteiger partial charge in [-0.1, -0.05) is 36.4 Å². The largest absolute Gasteiger partial charge is 0.495 e. The molecule has 3 aromatic carbocycles. The van der Waals surface area contributed by atoms with E-state index in [-0.39, 0.29) is 11.8 Å². The molecule has 1 aliphatic heterocycles. The van der Waals surface area contributed by atoms with Crippen LogP contribution in [0.4, 0.5) is 17.1 Å². The summed E-state index contributed by atoms with van der Waals surface area (Å²) in [6.07, 6.45) is -0.430. The molecule has 0 bridgehead atoms. The number of hydrogen-bond donors (Lipinski definition) is 2. The van der Waals surface area contributed by atoms with Gasteiger partial charge in [0.15, 0.2) is 0 Å². The van der Waals surface area contributed by atoms with Gasteiger partial charge in [0.05, 0.1) is 18.4 Å². The second kappa shape index (κ2) is 7.67. The molecule has 2 amide bonds. The van der Waals surface area contributed by atoms with Gasteiger partial charge in [0.1, 0.15) is 11.9 Å². The number of nitrogens with zero attached hydrogens (tertiary/aromatic N) is 1. The van der Waals surface area contributed by atoms with Gasteiger partial charge < -0.3 is 15.4 Å². The molecule has 0 aliphatic carbocycles. The van der Waals surface area contributed by atoms with Gasteiger partial charge in [0.25, 0.3) is 5.91 Å². The second-order valence-corrected chi connectivity index (χ2v) is 6.74. The third-order valence-electron chi connectivity index (χ3n) is 4.82. The Labute approximate surface area is 169 Å². The summed E-state index contributed by atoms with van der Waals surface area (Å²) in [4.78, 5) is 26.5. The molecule has 0 saturated heterocycles. The standard InChI is InChI=1S/C23H21N3O3/c1-15(27)24-17-13-11-16(12-14-17)22-25-19-8-4-3-7-18(19)23(28)26(22)20-9-5-6-10-21(20)29-2/h3-14,22,25H,1-2H3,(H,24,27)/t22-/m1/s1. The summed E-state index contributed by atoms with van der Waals surface area (Å²) in [5, 5.41) is 6.23. The van der Waals surface area contributed by atoms with E-state index in [1.165, 1.54) is 6.92 Å². The zero-order chi connectivity index (χ0) is 20.4. The molecule has 1 aliphatic rings. The van der Waals surface area contributed by atoms with Crippen molar-refractivity contribution in [2.75, 3.05) is 22.6 Å². The van der Waals surface area contributed by atoms with Crippen LogP contribution in [-0.2, 0) is 4.79 Å². The van der Waals surface area contributed by atoms with Crippen molar-refractivity contribution in [3.8, 4) is 5.75 Å². The summed E-state index contributed by atoms with van der Waals surface area (Å²) < 4.78 is 5.51. The molecular weight excluding hydrogens is 366 g/mol. The normalized spacial score (nSPS) is 15.3. The first kappa shape index (κ1) is 18.6. The van der Waals surface area contributed by atoms with Gasteiger partial charge >= 0.3 is 0 Å². The Balaban J connectivity index is 1.81. The Morgan fingerprint density at radius 2 is 1.69 bits per heavy atom. The zero-order valence-electron chi connectivity index (χ0n) is 16.2. The van der Waals surface area contributed by atoms with Gasteiger partial charge in [-0.05, 0) is 42.0 Å². The van der Waals surface area contributed by atoms with Gasteiger partial charge in [-0.2, -0.15) is 0 Å². The van der Waals surface area contributed by atoms with E-state index < -0.39 is 6.17 Å². The number of ether oxygens (including phenoxy) is 1. The maximum absolute atomic E-state index is 13.5. The average molecular weight is 387 g/mol. The molecule has 29 heavy (non-hydrogen) atoms. The number of anilines is 3. The highest BCUT2D eigenvalue weighted by atomic mass is 16.5. The molecule has 6 nitrogen and oxygen atoms in total. The van der Waals surface area contributed by atoms with Crippen molar-refractivity contribution in [3.05, 3.63) is 83.9 Å². The molecule has 6 heteroatoms. The number of carbonyl (C=O) groups is 2. The number of benzene rings is 3. The number of hydrogen-bond acceptors (Lipinski definition) is 4. The van der Waals surface area contributed by atoms with E-state index in [2.05, 4.69) is 10.6 Å². The van der Waals surface area contributed by atoms with Crippen LogP contribution in [0.1, 0.15) is 29.0 Å². The highest BCUT2D eigenvalue weighted by Crippen LogP contribution is 2.40. The molecule has 3 aromatic rings. The highest BCUT2D eigenvalue weighted by molar-refractivity contribution is 6.12. The van der Waals surface area contributed by atoms with Gasteiger partial charge in [-0.25, -0.2) is 0 Å². The first-order chi connectivity index (χ1) is 14.1. The fraction of sp³-hybridized carbons (Fsp3) is 0.130. The van der Waals surface area contributed by atoms with Crippen molar-refractivity contribution in [3.63, 3.8) is 0 Å². The number of nitrogens with one attached hydrogen (secondary N) is 2. The number of para-hydroxylation sites is 3. The molecule has 4 rings (SSSR count). The third kappa shape index (κ3) is 3.52. The van der Waals surface area contributed by atoms with Crippen LogP contribution < -0.4 is 20.3 Å². The molecule has 1 heterocycles. The van der Waals surface area contributed by atoms with Crippen molar-refractivity contribution < 1.29 is 14.3 Å². The summed E-state index contributed by atoms with van der Waals surface area (Å²) in [7, 11) is 1.59. The fourth-order valence-electron chi connectivity index (χ4n) is 3.52. The fourth-order valence-corrected chi connectivity index (χ4v) is 3.52. The Bertz CT molecular complexity index is 1060. The summed E-state index contributed by atoms with van der Waals surface area (Å²) in [6, 6.07) is 22.3. The van der Waals surface area contributed by atoms with Gasteiger partial charge in [-0.15, -0.1) is 0 Å². The molecule has 0 spiro atoms. The number of fused-ring (bicyclic) bond motifs is 1. The predicted molar refractivity (Wildman–Crippen MR) is 113 cm³/mol. The van der Waals surface area contributed by atoms with Crippen LogP contribution in [0.5, 0.6) is 5.75 Å². The van der Waals surface area contributed by atoms with Gasteiger partial charge in [-0.3, -0.25) is 14.5 Å². The lowest BCUT2D eigenvalue weighted by Crippen LogP contribution is -2.43. The van der Waals surface area contributed by atoms with E-state index in [9.17, 15) is 9.59 Å². The molecule has 2 N–H and O–H groups in total. The average Bonchev–Trinajstić information content (AvgIpc) is 2.74. The topological polar surface area (TPSA) is 70.7 Å². The lowest BCUT2D eigenvalue weighted by atomic mass is 10.0. The summed E-state index contributed by atoms with van der Waals surface area (Å²) in [5.41, 5.74) is 3.64. The van der Waals surface area contributed by atoms with Crippen LogP contribution in [0.3, 0.4) is 0 Å². The first-order valence-corrected chi connectivity index (χ1v) is 9.28. The second-order valence-electron chi connectivity index (χ2n) is 6.74. The summed E-state index contributed by atoms with van der Waals surface area (Å²) in [5.74, 6) is 0.370. The Morgan fingerprint density at radius 1 is 1.00 bits per heavy atom. The van der Waals surface area contributed by atoms with Crippen LogP contribution in [0.15, 0.2) is 72.8 Å². The molecule has 0 aromatic heterocycles. The van der Waals surface area contributed by atoms with E-state index in [4.69, 9.17) is 4.74 Å². The maximum atomic E-state index is 13.5. The Kier molecular flexibility index (Phi) is 4.91. The monoisotopic (exact) mass is 387 g/mol. The van der Waals surface area contributed by atoms with Crippen LogP contribution in [0.25, 0.3) is 0 Å². The molecule has 0 unspecified atom stereocenters. The first-order valence-electron chi connectivity index (χ1n) is 9.28. The molecule has 146 valence electrons. The van der Waals surface area contributed by atoms with Crippen LogP contribution >= 0.6 is 0 Å². The van der Waals surface area contributed by atoms with Crippen molar-refractivity contribution >= 4 is 28.9 Å². The quantitative estimate of drug-likeness (QED) is 0.695. The third-order valence-corrected chi connectivity index (χ3v) is 4.82. The van der Waals surface area contributed by atoms with Crippen LogP contribution in [-0.4, -0.2) is 18.9 Å². The molecule has 0 fully saturated rings. The van der Waals surface area contributed by atoms with E-state index in [1.807, 2.05) is 72.8 Å². The Morgan fingerprint density at radius 3 is 2.41 bits per heavy atom. The Hall–Kier alpha value is -3.80. The smallest absolute Gasteiger partial charge is 0.262 e. The molecule has 0 radical (unpaired) electrons. The highest BCUT2D eigenvalue weighted by Gasteiger charge is 2.35. The molecular formula is C23H21N3O3. The SMILES string of the molecule is COc1ccccc1N1C(=O)c2ccccc2N[C@H]1c1ccc(NC(C)=O)cc1. The van der Waals surface area contributed by atoms with Gasteiger partial charge in [0.2, 0.25) is 5.91 Å². The van der Waals surface area contributed by atoms with E-state index in [0.717, 1.165) is 11.3 Å². The summed E-state index contributed by atoms with van der Waals surface area (Å²) in [6.45, 7) is 1.47. The minimum absolute atomic E-state index is 0.111. The van der Waals surface area contributed by atoms with Crippen molar-refractivity contribution in [2.45, 2.75) is 13.1 Å². The summed E-state index contributed by atoms with van der Waals surface area (Å²) >= 11 is 0. The van der Waals surface area contributed by atoms with Crippen molar-refractivity contribution in [1.82, 2.24) is 0 Å². The lowest BCUT2D eigenvalue weighted by Gasteiger charge is -2.38. The number of methoxy groups -OCH3 is 1. The van der Waals surface area contributed by atoms with Crippen molar-refractivity contribution in [2.24, 2.45) is 0 Å². The maximum Gasteiger partial charge on any atom is 0.262 e. The van der Waals surface area contributed by atoms with E-state index >= 15 is 0 Å². The number of carbonyl (C=O) groups excluding carboxylic acids is 2. The van der Waals surface area contributed by atoms with Crippen LogP contribution in [0.2, 0.25) is 0 Å². The number of rotatable bonds is 4. The lowest BCUT2D eigenvalue weighted by molar-refractivity contribution is -0.114. The zero-order valence-corrected chi connectivity index (χ0v) is 16.2. The number of amides is 2. The predicted octanol–water partition coefficient (Wildman–Crippen LogP) is 4.42. The minimum Gasteiger partial charge on any atom is -0.495 e. The van der Waals surface area contributed by atoms with Crippen LogP contribution in [0, 0.1) is 0 Å². The molecule has 0 saturated carbocycles.